The van der Waals surface area contributed by atoms with E-state index >= 15 is 0 Å². The molecule has 0 unspecified atom stereocenters. The molecule has 0 atom stereocenters. The van der Waals surface area contributed by atoms with Gasteiger partial charge in [-0.15, -0.1) is 0 Å². The summed E-state index contributed by atoms with van der Waals surface area (Å²) in [5.74, 6) is 0. The van der Waals surface area contributed by atoms with Gasteiger partial charge in [0.2, 0.25) is 0 Å². The average molecular weight is 203 g/mol. The molecule has 14 heavy (non-hydrogen) atoms. The van der Waals surface area contributed by atoms with Gasteiger partial charge in [-0.1, -0.05) is 20.3 Å². The molecule has 0 aliphatic heterocycles. The van der Waals surface area contributed by atoms with Crippen LogP contribution in [-0.4, -0.2) is 35.5 Å². The molecule has 3 heteroatoms. The maximum absolute atomic E-state index is 9.11. The molecular formula is C11H25NO2. The number of rotatable bonds is 7. The molecule has 0 saturated heterocycles. The maximum Gasteiger partial charge on any atom is 0.0519 e. The molecule has 0 rings (SSSR count). The summed E-state index contributed by atoms with van der Waals surface area (Å²) < 4.78 is 0. The Morgan fingerprint density at radius 1 is 1.07 bits per heavy atom. The van der Waals surface area contributed by atoms with E-state index in [1.807, 2.05) is 6.92 Å². The Hall–Kier alpha value is -0.120. The first kappa shape index (κ1) is 13.9. The lowest BCUT2D eigenvalue weighted by molar-refractivity contribution is 0.0629. The van der Waals surface area contributed by atoms with Crippen LogP contribution in [0.4, 0.5) is 0 Å². The molecule has 3 N–H and O–H groups in total. The van der Waals surface area contributed by atoms with Crippen molar-refractivity contribution >= 4 is 0 Å². The van der Waals surface area contributed by atoms with Gasteiger partial charge in [0, 0.05) is 17.5 Å². The Labute approximate surface area is 87.5 Å². The van der Waals surface area contributed by atoms with E-state index in [1.165, 1.54) is 0 Å². The molecule has 0 aromatic heterocycles. The molecule has 0 saturated carbocycles. The molecule has 0 aliphatic rings. The van der Waals surface area contributed by atoms with Gasteiger partial charge in [-0.3, -0.25) is 0 Å². The van der Waals surface area contributed by atoms with Crippen LogP contribution in [0.3, 0.4) is 0 Å². The molecular weight excluding hydrogens is 178 g/mol. The zero-order valence-corrected chi connectivity index (χ0v) is 9.93. The molecule has 0 bridgehead atoms. The van der Waals surface area contributed by atoms with Gasteiger partial charge in [-0.05, 0) is 20.3 Å². The van der Waals surface area contributed by atoms with Crippen LogP contribution in [0.15, 0.2) is 0 Å². The van der Waals surface area contributed by atoms with E-state index in [9.17, 15) is 0 Å². The summed E-state index contributed by atoms with van der Waals surface area (Å²) in [6.07, 6.45) is 2.23. The number of nitrogens with one attached hydrogen (secondary N) is 1. The van der Waals surface area contributed by atoms with Crippen LogP contribution < -0.4 is 5.32 Å². The third-order valence-corrected chi connectivity index (χ3v) is 2.63. The monoisotopic (exact) mass is 203 g/mol. The first-order valence-electron chi connectivity index (χ1n) is 5.36. The van der Waals surface area contributed by atoms with Crippen molar-refractivity contribution in [1.82, 2.24) is 5.32 Å². The summed E-state index contributed by atoms with van der Waals surface area (Å²) in [4.78, 5) is 0. The van der Waals surface area contributed by atoms with Crippen LogP contribution in [0.5, 0.6) is 0 Å². The number of hydrogen-bond acceptors (Lipinski definition) is 3. The highest BCUT2D eigenvalue weighted by Gasteiger charge is 2.25. The molecule has 0 amide bonds. The zero-order valence-electron chi connectivity index (χ0n) is 9.93. The molecule has 0 heterocycles. The van der Waals surface area contributed by atoms with Crippen molar-refractivity contribution in [3.05, 3.63) is 0 Å². The molecule has 0 fully saturated rings. The standard InChI is InChI=1S/C11H25NO2/c1-5-6-10(2,3)12-7-11(4,8-13)9-14/h12-14H,5-9H2,1-4H3. The number of aliphatic hydroxyl groups is 2. The van der Waals surface area contributed by atoms with E-state index in [4.69, 9.17) is 10.2 Å². The number of aliphatic hydroxyl groups excluding tert-OH is 2. The minimum Gasteiger partial charge on any atom is -0.396 e. The van der Waals surface area contributed by atoms with Gasteiger partial charge in [-0.2, -0.15) is 0 Å². The first-order chi connectivity index (χ1) is 6.39. The minimum atomic E-state index is -0.412. The molecule has 86 valence electrons. The summed E-state index contributed by atoms with van der Waals surface area (Å²) in [7, 11) is 0. The van der Waals surface area contributed by atoms with E-state index in [2.05, 4.69) is 26.1 Å². The third kappa shape index (κ3) is 4.94. The lowest BCUT2D eigenvalue weighted by Gasteiger charge is -2.32. The van der Waals surface area contributed by atoms with Crippen molar-refractivity contribution in [2.75, 3.05) is 19.8 Å². The molecule has 0 aromatic carbocycles. The molecule has 0 spiro atoms. The highest BCUT2D eigenvalue weighted by Crippen LogP contribution is 2.16. The van der Waals surface area contributed by atoms with Crippen LogP contribution in [-0.2, 0) is 0 Å². The highest BCUT2D eigenvalue weighted by molar-refractivity contribution is 4.82. The second-order valence-electron chi connectivity index (χ2n) is 5.11. The van der Waals surface area contributed by atoms with Gasteiger partial charge in [-0.25, -0.2) is 0 Å². The average Bonchev–Trinajstić information content (AvgIpc) is 2.14. The Bertz CT molecular complexity index is 153. The van der Waals surface area contributed by atoms with Crippen molar-refractivity contribution in [2.24, 2.45) is 5.41 Å². The Balaban J connectivity index is 4.02. The van der Waals surface area contributed by atoms with Crippen molar-refractivity contribution in [1.29, 1.82) is 0 Å². The van der Waals surface area contributed by atoms with E-state index in [1.54, 1.807) is 0 Å². The molecule has 0 aromatic rings. The van der Waals surface area contributed by atoms with Crippen molar-refractivity contribution in [3.8, 4) is 0 Å². The fourth-order valence-electron chi connectivity index (χ4n) is 1.33. The van der Waals surface area contributed by atoms with Gasteiger partial charge >= 0.3 is 0 Å². The zero-order chi connectivity index (χ0) is 11.2. The van der Waals surface area contributed by atoms with Gasteiger partial charge in [0.05, 0.1) is 13.2 Å². The quantitative estimate of drug-likeness (QED) is 0.582. The summed E-state index contributed by atoms with van der Waals surface area (Å²) in [6, 6.07) is 0. The fraction of sp³-hybridized carbons (Fsp3) is 1.00. The number of hydrogen-bond donors (Lipinski definition) is 3. The summed E-state index contributed by atoms with van der Waals surface area (Å²) in [6.45, 7) is 8.99. The van der Waals surface area contributed by atoms with Crippen molar-refractivity contribution < 1.29 is 10.2 Å². The summed E-state index contributed by atoms with van der Waals surface area (Å²) >= 11 is 0. The van der Waals surface area contributed by atoms with Crippen molar-refractivity contribution in [3.63, 3.8) is 0 Å². The Morgan fingerprint density at radius 2 is 1.57 bits per heavy atom. The maximum atomic E-state index is 9.11. The van der Waals surface area contributed by atoms with Crippen LogP contribution in [0, 0.1) is 5.41 Å². The van der Waals surface area contributed by atoms with Crippen molar-refractivity contribution in [2.45, 2.75) is 46.1 Å². The van der Waals surface area contributed by atoms with Crippen LogP contribution >= 0.6 is 0 Å². The fourth-order valence-corrected chi connectivity index (χ4v) is 1.33. The smallest absolute Gasteiger partial charge is 0.0519 e. The van der Waals surface area contributed by atoms with E-state index in [0.29, 0.717) is 6.54 Å². The highest BCUT2D eigenvalue weighted by atomic mass is 16.3. The summed E-state index contributed by atoms with van der Waals surface area (Å²) in [5, 5.41) is 21.6. The lowest BCUT2D eigenvalue weighted by Crippen LogP contribution is -2.47. The van der Waals surface area contributed by atoms with E-state index in [0.717, 1.165) is 12.8 Å². The predicted molar refractivity (Wildman–Crippen MR) is 59.3 cm³/mol. The van der Waals surface area contributed by atoms with Gasteiger partial charge < -0.3 is 15.5 Å². The summed E-state index contributed by atoms with van der Waals surface area (Å²) in [5.41, 5.74) is -0.328. The van der Waals surface area contributed by atoms with E-state index in [-0.39, 0.29) is 18.8 Å². The molecule has 0 aliphatic carbocycles. The van der Waals surface area contributed by atoms with Gasteiger partial charge in [0.1, 0.15) is 0 Å². The van der Waals surface area contributed by atoms with Crippen LogP contribution in [0.25, 0.3) is 0 Å². The topological polar surface area (TPSA) is 52.5 Å². The SMILES string of the molecule is CCCC(C)(C)NCC(C)(CO)CO. The lowest BCUT2D eigenvalue weighted by atomic mass is 9.90. The Kier molecular flexibility index (Phi) is 5.64. The Morgan fingerprint density at radius 3 is 1.93 bits per heavy atom. The molecule has 0 radical (unpaired) electrons. The minimum absolute atomic E-state index is 0.0126. The first-order valence-corrected chi connectivity index (χ1v) is 5.36. The van der Waals surface area contributed by atoms with Crippen LogP contribution in [0.1, 0.15) is 40.5 Å². The largest absolute Gasteiger partial charge is 0.396 e. The normalized spacial score (nSPS) is 13.3. The second kappa shape index (κ2) is 5.69. The second-order valence-corrected chi connectivity index (χ2v) is 5.11. The third-order valence-electron chi connectivity index (χ3n) is 2.63. The van der Waals surface area contributed by atoms with Gasteiger partial charge in [0.15, 0.2) is 0 Å². The van der Waals surface area contributed by atoms with E-state index < -0.39 is 5.41 Å². The predicted octanol–water partition coefficient (Wildman–Crippen LogP) is 1.15. The van der Waals surface area contributed by atoms with Crippen LogP contribution in [0.2, 0.25) is 0 Å². The van der Waals surface area contributed by atoms with Gasteiger partial charge in [0.25, 0.3) is 0 Å². The molecule has 3 nitrogen and oxygen atoms in total.